The molecule has 0 heterocycles. The summed E-state index contributed by atoms with van der Waals surface area (Å²) in [6, 6.07) is 6.63. The molecule has 0 aromatic heterocycles. The monoisotopic (exact) mass is 192 g/mol. The molecule has 0 spiro atoms. The van der Waals surface area contributed by atoms with E-state index in [9.17, 15) is 9.90 Å². The number of hydrogen-bond donors (Lipinski definition) is 0. The molecule has 1 aromatic carbocycles. The van der Waals surface area contributed by atoms with Crippen LogP contribution in [0.15, 0.2) is 24.3 Å². The van der Waals surface area contributed by atoms with E-state index in [2.05, 4.69) is 0 Å². The number of benzene rings is 1. The molecule has 12 heavy (non-hydrogen) atoms. The quantitative estimate of drug-likeness (QED) is 0.492. The number of carboxylic acids is 1. The molecule has 4 heteroatoms. The minimum absolute atomic E-state index is 0. The number of carbonyl (C=O) groups excluding carboxylic acids is 1. The first kappa shape index (κ1) is 12.0. The second-order valence-corrected chi connectivity index (χ2v) is 2.61. The van der Waals surface area contributed by atoms with E-state index in [1.54, 1.807) is 24.3 Å². The Bertz CT molecular complexity index is 258. The number of aliphatic carboxylic acids is 1. The molecule has 1 rings (SSSR count). The molecule has 0 saturated heterocycles. The third kappa shape index (κ3) is 4.12. The van der Waals surface area contributed by atoms with Gasteiger partial charge in [-0.2, -0.15) is 0 Å². The van der Waals surface area contributed by atoms with Gasteiger partial charge in [-0.05, 0) is 17.7 Å². The molecule has 0 aliphatic carbocycles. The van der Waals surface area contributed by atoms with Crippen molar-refractivity contribution >= 4 is 17.6 Å². The average Bonchev–Trinajstić information content (AvgIpc) is 1.93. The molecule has 0 saturated carbocycles. The second-order valence-electron chi connectivity index (χ2n) is 2.18. The third-order valence-electron chi connectivity index (χ3n) is 1.26. The summed E-state index contributed by atoms with van der Waals surface area (Å²) >= 11 is 5.59. The molecule has 58 valence electrons. The standard InChI is InChI=1S/C8H7ClO2.Na/c9-7-3-1-6(2-4-7)5-8(10)11;/h1-4H,5H2,(H,10,11);/q;+1/p-1. The van der Waals surface area contributed by atoms with Crippen LogP contribution in [0.4, 0.5) is 0 Å². The van der Waals surface area contributed by atoms with Crippen molar-refractivity contribution in [2.45, 2.75) is 6.42 Å². The van der Waals surface area contributed by atoms with Gasteiger partial charge < -0.3 is 9.90 Å². The SMILES string of the molecule is O=C([O-])Cc1ccc(Cl)cc1.[Na+]. The molecular formula is C8H6ClNaO2. The topological polar surface area (TPSA) is 40.1 Å². The first-order chi connectivity index (χ1) is 5.18. The average molecular weight is 193 g/mol. The van der Waals surface area contributed by atoms with Crippen molar-refractivity contribution in [1.82, 2.24) is 0 Å². The first-order valence-corrected chi connectivity index (χ1v) is 3.50. The zero-order chi connectivity index (χ0) is 8.27. The maximum Gasteiger partial charge on any atom is 1.00 e. The molecule has 0 aliphatic rings. The third-order valence-corrected chi connectivity index (χ3v) is 1.51. The van der Waals surface area contributed by atoms with Crippen molar-refractivity contribution in [2.75, 3.05) is 0 Å². The molecule has 2 nitrogen and oxygen atoms in total. The molecule has 0 aliphatic heterocycles. The predicted molar refractivity (Wildman–Crippen MR) is 40.2 cm³/mol. The fourth-order valence-corrected chi connectivity index (χ4v) is 0.895. The van der Waals surface area contributed by atoms with Crippen LogP contribution in [-0.4, -0.2) is 5.97 Å². The first-order valence-electron chi connectivity index (χ1n) is 3.13. The molecule has 0 atom stereocenters. The fourth-order valence-electron chi connectivity index (χ4n) is 0.769. The van der Waals surface area contributed by atoms with Crippen LogP contribution in [0.3, 0.4) is 0 Å². The maximum atomic E-state index is 10.1. The van der Waals surface area contributed by atoms with Gasteiger partial charge in [0, 0.05) is 17.4 Å². The summed E-state index contributed by atoms with van der Waals surface area (Å²) in [5.74, 6) is -1.08. The van der Waals surface area contributed by atoms with Crippen LogP contribution in [0, 0.1) is 0 Å². The number of carbonyl (C=O) groups is 1. The molecule has 1 aromatic rings. The van der Waals surface area contributed by atoms with Crippen LogP contribution in [0.2, 0.25) is 5.02 Å². The molecule has 0 amide bonds. The Kier molecular flexibility index (Phi) is 5.59. The molecule has 0 radical (unpaired) electrons. The van der Waals surface area contributed by atoms with Crippen molar-refractivity contribution in [3.8, 4) is 0 Å². The molecule has 0 unspecified atom stereocenters. The van der Waals surface area contributed by atoms with Crippen LogP contribution in [-0.2, 0) is 11.2 Å². The van der Waals surface area contributed by atoms with Gasteiger partial charge in [0.25, 0.3) is 0 Å². The van der Waals surface area contributed by atoms with Crippen molar-refractivity contribution in [3.05, 3.63) is 34.9 Å². The largest absolute Gasteiger partial charge is 1.00 e. The van der Waals surface area contributed by atoms with Gasteiger partial charge in [0.15, 0.2) is 0 Å². The second kappa shape index (κ2) is 5.60. The minimum Gasteiger partial charge on any atom is -0.550 e. The van der Waals surface area contributed by atoms with E-state index in [4.69, 9.17) is 11.6 Å². The van der Waals surface area contributed by atoms with Crippen LogP contribution in [0.1, 0.15) is 5.56 Å². The Hall–Kier alpha value is -0.0200. The van der Waals surface area contributed by atoms with E-state index in [0.29, 0.717) is 10.6 Å². The molecule has 0 bridgehead atoms. The summed E-state index contributed by atoms with van der Waals surface area (Å²) in [7, 11) is 0. The zero-order valence-electron chi connectivity index (χ0n) is 6.71. The van der Waals surface area contributed by atoms with E-state index in [1.807, 2.05) is 0 Å². The Labute approximate surface area is 97.8 Å². The minimum atomic E-state index is -1.08. The van der Waals surface area contributed by atoms with Gasteiger partial charge in [-0.25, -0.2) is 0 Å². The molecule has 0 N–H and O–H groups in total. The summed E-state index contributed by atoms with van der Waals surface area (Å²) in [6.45, 7) is 0. The van der Waals surface area contributed by atoms with Gasteiger partial charge in [0.1, 0.15) is 0 Å². The van der Waals surface area contributed by atoms with Gasteiger partial charge in [-0.15, -0.1) is 0 Å². The number of hydrogen-bond acceptors (Lipinski definition) is 2. The Balaban J connectivity index is 0.00000121. The van der Waals surface area contributed by atoms with Crippen molar-refractivity contribution in [3.63, 3.8) is 0 Å². The van der Waals surface area contributed by atoms with Gasteiger partial charge in [0.05, 0.1) is 0 Å². The van der Waals surface area contributed by atoms with E-state index < -0.39 is 5.97 Å². The normalized spacial score (nSPS) is 8.75. The fraction of sp³-hybridized carbons (Fsp3) is 0.125. The van der Waals surface area contributed by atoms with Crippen molar-refractivity contribution in [1.29, 1.82) is 0 Å². The summed E-state index contributed by atoms with van der Waals surface area (Å²) in [6.07, 6.45) is -0.0584. The Morgan fingerprint density at radius 2 is 1.83 bits per heavy atom. The van der Waals surface area contributed by atoms with E-state index >= 15 is 0 Å². The van der Waals surface area contributed by atoms with Gasteiger partial charge in [0.2, 0.25) is 0 Å². The maximum absolute atomic E-state index is 10.1. The van der Waals surface area contributed by atoms with E-state index in [-0.39, 0.29) is 36.0 Å². The van der Waals surface area contributed by atoms with Gasteiger partial charge >= 0.3 is 29.6 Å². The summed E-state index contributed by atoms with van der Waals surface area (Å²) in [5, 5.41) is 10.7. The summed E-state index contributed by atoms with van der Waals surface area (Å²) < 4.78 is 0. The van der Waals surface area contributed by atoms with Crippen LogP contribution >= 0.6 is 11.6 Å². The Morgan fingerprint density at radius 1 is 1.33 bits per heavy atom. The summed E-state index contributed by atoms with van der Waals surface area (Å²) in [5.41, 5.74) is 0.703. The number of halogens is 1. The molecule has 0 fully saturated rings. The van der Waals surface area contributed by atoms with Crippen LogP contribution in [0.25, 0.3) is 0 Å². The Morgan fingerprint density at radius 3 is 2.25 bits per heavy atom. The molecular weight excluding hydrogens is 187 g/mol. The number of carboxylic acid groups (broad SMARTS) is 1. The van der Waals surface area contributed by atoms with E-state index in [0.717, 1.165) is 0 Å². The van der Waals surface area contributed by atoms with Crippen LogP contribution < -0.4 is 34.7 Å². The van der Waals surface area contributed by atoms with Crippen LogP contribution in [0.5, 0.6) is 0 Å². The number of rotatable bonds is 2. The van der Waals surface area contributed by atoms with Gasteiger partial charge in [-0.3, -0.25) is 0 Å². The summed E-state index contributed by atoms with van der Waals surface area (Å²) in [4.78, 5) is 10.1. The van der Waals surface area contributed by atoms with Gasteiger partial charge in [-0.1, -0.05) is 23.7 Å². The van der Waals surface area contributed by atoms with Crippen molar-refractivity contribution < 1.29 is 39.5 Å². The smallest absolute Gasteiger partial charge is 0.550 e. The van der Waals surface area contributed by atoms with Crippen molar-refractivity contribution in [2.24, 2.45) is 0 Å². The predicted octanol–water partition coefficient (Wildman–Crippen LogP) is -2.36. The zero-order valence-corrected chi connectivity index (χ0v) is 9.47. The van der Waals surface area contributed by atoms with E-state index in [1.165, 1.54) is 0 Å².